The summed E-state index contributed by atoms with van der Waals surface area (Å²) in [6, 6.07) is 8.19. The van der Waals surface area contributed by atoms with Crippen LogP contribution in [-0.2, 0) is 6.42 Å². The maximum absolute atomic E-state index is 5.47. The molecule has 0 atom stereocenters. The normalized spacial score (nSPS) is 18.9. The van der Waals surface area contributed by atoms with Crippen LogP contribution in [0.3, 0.4) is 0 Å². The zero-order valence-corrected chi connectivity index (χ0v) is 18.0. The Morgan fingerprint density at radius 2 is 1.97 bits per heavy atom. The Bertz CT molecular complexity index is 977. The molecular weight excluding hydrogens is 376 g/mol. The standard InChI is InChI=1S/C24H30N4O2/c1-4-24-28-21(15-30-24)19-11-12-25-23(13-19)26-14-17-5-7-18(8-6-17)20-9-10-22(29-3)16(2)27-20/h9-13,15,17-18H,4-8,14H2,1-3H3,(H,25,26)/t17-,18-. The van der Waals surface area contributed by atoms with Gasteiger partial charge in [0, 0.05) is 36.3 Å². The molecule has 30 heavy (non-hydrogen) atoms. The molecule has 1 saturated carbocycles. The summed E-state index contributed by atoms with van der Waals surface area (Å²) in [6.07, 6.45) is 9.10. The van der Waals surface area contributed by atoms with E-state index in [0.717, 1.165) is 47.4 Å². The average Bonchev–Trinajstić information content (AvgIpc) is 3.28. The number of hydrogen-bond donors (Lipinski definition) is 1. The molecule has 0 bridgehead atoms. The number of aromatic nitrogens is 3. The summed E-state index contributed by atoms with van der Waals surface area (Å²) in [7, 11) is 1.70. The van der Waals surface area contributed by atoms with E-state index in [-0.39, 0.29) is 0 Å². The minimum atomic E-state index is 0.548. The largest absolute Gasteiger partial charge is 0.495 e. The molecule has 0 aliphatic heterocycles. The number of nitrogens with zero attached hydrogens (tertiary/aromatic N) is 3. The van der Waals surface area contributed by atoms with E-state index in [4.69, 9.17) is 14.1 Å². The zero-order valence-electron chi connectivity index (χ0n) is 18.0. The monoisotopic (exact) mass is 406 g/mol. The summed E-state index contributed by atoms with van der Waals surface area (Å²) in [4.78, 5) is 13.8. The smallest absolute Gasteiger partial charge is 0.194 e. The van der Waals surface area contributed by atoms with Gasteiger partial charge in [-0.25, -0.2) is 9.97 Å². The predicted molar refractivity (Wildman–Crippen MR) is 118 cm³/mol. The number of methoxy groups -OCH3 is 1. The van der Waals surface area contributed by atoms with Gasteiger partial charge in [-0.3, -0.25) is 4.98 Å². The lowest BCUT2D eigenvalue weighted by molar-refractivity contribution is 0.334. The van der Waals surface area contributed by atoms with Crippen molar-refractivity contribution in [1.29, 1.82) is 0 Å². The second-order valence-corrected chi connectivity index (χ2v) is 8.03. The number of nitrogens with one attached hydrogen (secondary N) is 1. The van der Waals surface area contributed by atoms with Crippen LogP contribution in [-0.4, -0.2) is 28.6 Å². The van der Waals surface area contributed by atoms with Crippen molar-refractivity contribution in [1.82, 2.24) is 15.0 Å². The Kier molecular flexibility index (Phi) is 6.31. The van der Waals surface area contributed by atoms with Gasteiger partial charge in [-0.15, -0.1) is 0 Å². The Morgan fingerprint density at radius 3 is 2.67 bits per heavy atom. The lowest BCUT2D eigenvalue weighted by Crippen LogP contribution is -2.21. The third-order valence-corrected chi connectivity index (χ3v) is 6.03. The first-order chi connectivity index (χ1) is 14.7. The Balaban J connectivity index is 1.31. The van der Waals surface area contributed by atoms with Gasteiger partial charge >= 0.3 is 0 Å². The van der Waals surface area contributed by atoms with E-state index >= 15 is 0 Å². The van der Waals surface area contributed by atoms with Gasteiger partial charge in [0.1, 0.15) is 23.5 Å². The summed E-state index contributed by atoms with van der Waals surface area (Å²) in [5, 5.41) is 3.52. The van der Waals surface area contributed by atoms with Crippen molar-refractivity contribution in [2.24, 2.45) is 5.92 Å². The third kappa shape index (κ3) is 4.64. The Labute approximate surface area is 178 Å². The zero-order chi connectivity index (χ0) is 20.9. The van der Waals surface area contributed by atoms with Gasteiger partial charge < -0.3 is 14.5 Å². The van der Waals surface area contributed by atoms with Gasteiger partial charge in [0.25, 0.3) is 0 Å². The number of oxazole rings is 1. The van der Waals surface area contributed by atoms with Crippen molar-refractivity contribution >= 4 is 5.82 Å². The second kappa shape index (κ2) is 9.28. The highest BCUT2D eigenvalue weighted by Gasteiger charge is 2.23. The average molecular weight is 407 g/mol. The van der Waals surface area contributed by atoms with Gasteiger partial charge in [-0.05, 0) is 62.8 Å². The molecule has 1 N–H and O–H groups in total. The van der Waals surface area contributed by atoms with E-state index in [1.807, 2.05) is 38.2 Å². The van der Waals surface area contributed by atoms with Crippen LogP contribution in [0.15, 0.2) is 41.1 Å². The van der Waals surface area contributed by atoms with Crippen molar-refractivity contribution in [3.05, 3.63) is 54.0 Å². The van der Waals surface area contributed by atoms with Crippen molar-refractivity contribution in [3.8, 4) is 17.0 Å². The molecule has 1 aliphatic rings. The van der Waals surface area contributed by atoms with Crippen LogP contribution >= 0.6 is 0 Å². The van der Waals surface area contributed by atoms with Crippen LogP contribution in [0.4, 0.5) is 5.82 Å². The lowest BCUT2D eigenvalue weighted by Gasteiger charge is -2.28. The topological polar surface area (TPSA) is 73.1 Å². The number of pyridine rings is 2. The Hall–Kier alpha value is -2.89. The summed E-state index contributed by atoms with van der Waals surface area (Å²) < 4.78 is 10.8. The van der Waals surface area contributed by atoms with E-state index < -0.39 is 0 Å². The molecule has 3 aromatic rings. The number of anilines is 1. The molecular formula is C24H30N4O2. The van der Waals surface area contributed by atoms with Crippen LogP contribution in [0, 0.1) is 12.8 Å². The molecule has 0 unspecified atom stereocenters. The quantitative estimate of drug-likeness (QED) is 0.566. The number of ether oxygens (including phenoxy) is 1. The highest BCUT2D eigenvalue weighted by molar-refractivity contribution is 5.61. The molecule has 1 aliphatic carbocycles. The van der Waals surface area contributed by atoms with E-state index in [2.05, 4.69) is 21.4 Å². The number of hydrogen-bond acceptors (Lipinski definition) is 6. The van der Waals surface area contributed by atoms with Crippen LogP contribution in [0.2, 0.25) is 0 Å². The van der Waals surface area contributed by atoms with Gasteiger partial charge in [-0.2, -0.15) is 0 Å². The van der Waals surface area contributed by atoms with E-state index in [0.29, 0.717) is 11.8 Å². The molecule has 0 aromatic carbocycles. The van der Waals surface area contributed by atoms with Crippen molar-refractivity contribution in [3.63, 3.8) is 0 Å². The maximum atomic E-state index is 5.47. The molecule has 6 heteroatoms. The van der Waals surface area contributed by atoms with Crippen LogP contribution in [0.1, 0.15) is 55.8 Å². The fourth-order valence-electron chi connectivity index (χ4n) is 4.21. The van der Waals surface area contributed by atoms with Gasteiger partial charge in [0.05, 0.1) is 12.8 Å². The Morgan fingerprint density at radius 1 is 1.13 bits per heavy atom. The minimum absolute atomic E-state index is 0.548. The summed E-state index contributed by atoms with van der Waals surface area (Å²) in [6.45, 7) is 4.99. The third-order valence-electron chi connectivity index (χ3n) is 6.03. The highest BCUT2D eigenvalue weighted by atomic mass is 16.5. The van der Waals surface area contributed by atoms with Crippen LogP contribution < -0.4 is 10.1 Å². The van der Waals surface area contributed by atoms with E-state index in [9.17, 15) is 0 Å². The van der Waals surface area contributed by atoms with E-state index in [1.165, 1.54) is 31.4 Å². The molecule has 3 heterocycles. The van der Waals surface area contributed by atoms with Gasteiger partial charge in [-0.1, -0.05) is 6.92 Å². The number of rotatable bonds is 7. The first-order valence-electron chi connectivity index (χ1n) is 10.8. The van der Waals surface area contributed by atoms with Crippen molar-refractivity contribution < 1.29 is 9.15 Å². The maximum Gasteiger partial charge on any atom is 0.194 e. The fraction of sp³-hybridized carbons (Fsp3) is 0.458. The molecule has 6 nitrogen and oxygen atoms in total. The summed E-state index contributed by atoms with van der Waals surface area (Å²) in [5.41, 5.74) is 4.07. The van der Waals surface area contributed by atoms with Crippen molar-refractivity contribution in [2.45, 2.75) is 51.9 Å². The lowest BCUT2D eigenvalue weighted by atomic mass is 9.80. The molecule has 0 saturated heterocycles. The minimum Gasteiger partial charge on any atom is -0.495 e. The number of aryl methyl sites for hydroxylation is 2. The molecule has 0 amide bonds. The molecule has 0 spiro atoms. The van der Waals surface area contributed by atoms with Gasteiger partial charge in [0.2, 0.25) is 0 Å². The summed E-state index contributed by atoms with van der Waals surface area (Å²) >= 11 is 0. The highest BCUT2D eigenvalue weighted by Crippen LogP contribution is 2.36. The molecule has 4 rings (SSSR count). The SMILES string of the molecule is CCc1nc(-c2ccnc(NC[C@H]3CC[C@H](c4ccc(OC)c(C)n4)CC3)c2)co1. The second-order valence-electron chi connectivity index (χ2n) is 8.03. The molecule has 3 aromatic heterocycles. The van der Waals surface area contributed by atoms with Crippen molar-refractivity contribution in [2.75, 3.05) is 19.0 Å². The first kappa shape index (κ1) is 20.4. The predicted octanol–water partition coefficient (Wildman–Crippen LogP) is 5.40. The van der Waals surface area contributed by atoms with Crippen LogP contribution in [0.25, 0.3) is 11.3 Å². The van der Waals surface area contributed by atoms with Crippen LogP contribution in [0.5, 0.6) is 5.75 Å². The van der Waals surface area contributed by atoms with E-state index in [1.54, 1.807) is 13.4 Å². The molecule has 1 fully saturated rings. The fourth-order valence-corrected chi connectivity index (χ4v) is 4.21. The molecule has 158 valence electrons. The molecule has 0 radical (unpaired) electrons. The van der Waals surface area contributed by atoms with Gasteiger partial charge in [0.15, 0.2) is 5.89 Å². The first-order valence-corrected chi connectivity index (χ1v) is 10.8. The summed E-state index contributed by atoms with van der Waals surface area (Å²) in [5.74, 6) is 3.72.